The smallest absolute Gasteiger partial charge is 0.231 e. The molecule has 1 N–H and O–H groups in total. The molecule has 0 spiro atoms. The van der Waals surface area contributed by atoms with E-state index < -0.39 is 0 Å². The highest BCUT2D eigenvalue weighted by Gasteiger charge is 2.15. The summed E-state index contributed by atoms with van der Waals surface area (Å²) in [4.78, 5) is 0. The van der Waals surface area contributed by atoms with E-state index in [0.717, 1.165) is 27.1 Å². The summed E-state index contributed by atoms with van der Waals surface area (Å²) in [5.41, 5.74) is 4.95. The van der Waals surface area contributed by atoms with Crippen molar-refractivity contribution in [3.05, 3.63) is 45.9 Å². The van der Waals surface area contributed by atoms with Crippen LogP contribution in [0.2, 0.25) is 0 Å². The molecule has 7 heteroatoms. The zero-order chi connectivity index (χ0) is 16.9. The van der Waals surface area contributed by atoms with Gasteiger partial charge in [0.2, 0.25) is 6.79 Å². The Kier molecular flexibility index (Phi) is 5.10. The first-order valence-corrected chi connectivity index (χ1v) is 8.06. The van der Waals surface area contributed by atoms with Crippen LogP contribution in [0.5, 0.6) is 23.0 Å². The molecular weight excluding hydrogens is 376 g/mol. The molecule has 1 heterocycles. The van der Waals surface area contributed by atoms with Gasteiger partial charge in [-0.3, -0.25) is 0 Å². The fourth-order valence-corrected chi connectivity index (χ4v) is 2.70. The minimum Gasteiger partial charge on any atom is -0.493 e. The molecule has 2 aromatic carbocycles. The van der Waals surface area contributed by atoms with Gasteiger partial charge in [0.15, 0.2) is 23.0 Å². The number of hydrazone groups is 1. The van der Waals surface area contributed by atoms with Crippen molar-refractivity contribution in [1.82, 2.24) is 5.43 Å². The average Bonchev–Trinajstić information content (AvgIpc) is 3.05. The van der Waals surface area contributed by atoms with Crippen LogP contribution < -0.4 is 24.4 Å². The van der Waals surface area contributed by atoms with Gasteiger partial charge < -0.3 is 24.4 Å². The number of hydrogen-bond acceptors (Lipinski definition) is 6. The zero-order valence-electron chi connectivity index (χ0n) is 13.3. The summed E-state index contributed by atoms with van der Waals surface area (Å²) in [6, 6.07) is 9.50. The van der Waals surface area contributed by atoms with Crippen LogP contribution in [0.1, 0.15) is 11.1 Å². The second-order valence-electron chi connectivity index (χ2n) is 5.01. The van der Waals surface area contributed by atoms with Crippen LogP contribution in [0.15, 0.2) is 39.9 Å². The topological polar surface area (TPSA) is 61.3 Å². The predicted molar refractivity (Wildman–Crippen MR) is 94.2 cm³/mol. The minimum absolute atomic E-state index is 0.250. The van der Waals surface area contributed by atoms with E-state index in [2.05, 4.69) is 26.5 Å². The summed E-state index contributed by atoms with van der Waals surface area (Å²) in [6.07, 6.45) is 1.73. The number of benzene rings is 2. The van der Waals surface area contributed by atoms with Crippen LogP contribution >= 0.6 is 15.9 Å². The van der Waals surface area contributed by atoms with Crippen molar-refractivity contribution in [2.45, 2.75) is 6.54 Å². The Morgan fingerprint density at radius 1 is 1.12 bits per heavy atom. The van der Waals surface area contributed by atoms with Crippen LogP contribution in [0, 0.1) is 0 Å². The van der Waals surface area contributed by atoms with Crippen molar-refractivity contribution in [2.75, 3.05) is 21.0 Å². The Balaban J connectivity index is 1.63. The lowest BCUT2D eigenvalue weighted by atomic mass is 10.2. The summed E-state index contributed by atoms with van der Waals surface area (Å²) in [7, 11) is 3.23. The van der Waals surface area contributed by atoms with Crippen LogP contribution in [0.3, 0.4) is 0 Å². The number of nitrogens with zero attached hydrogens (tertiary/aromatic N) is 1. The molecule has 0 atom stereocenters. The molecule has 0 radical (unpaired) electrons. The van der Waals surface area contributed by atoms with Crippen molar-refractivity contribution >= 4 is 22.1 Å². The van der Waals surface area contributed by atoms with Crippen LogP contribution in [0.25, 0.3) is 0 Å². The van der Waals surface area contributed by atoms with Crippen LogP contribution in [0.4, 0.5) is 0 Å². The maximum atomic E-state index is 5.37. The van der Waals surface area contributed by atoms with Gasteiger partial charge in [-0.1, -0.05) is 6.07 Å². The van der Waals surface area contributed by atoms with Crippen molar-refractivity contribution in [3.63, 3.8) is 0 Å². The van der Waals surface area contributed by atoms with Gasteiger partial charge in [-0.25, -0.2) is 0 Å². The standard InChI is InChI=1S/C17H17BrN2O4/c1-21-14-4-3-11(5-15(14)22-2)8-19-20-9-12-6-16-17(7-13(12)18)24-10-23-16/h3-7,9,19H,8,10H2,1-2H3/b20-9+. The SMILES string of the molecule is COc1ccc(CN/N=C/c2cc3c(cc2Br)OCO3)cc1OC. The van der Waals surface area contributed by atoms with Crippen molar-refractivity contribution in [2.24, 2.45) is 5.10 Å². The molecule has 6 nitrogen and oxygen atoms in total. The first kappa shape index (κ1) is 16.4. The molecule has 0 unspecified atom stereocenters. The summed E-state index contributed by atoms with van der Waals surface area (Å²) in [6.45, 7) is 0.818. The van der Waals surface area contributed by atoms with Gasteiger partial charge in [0.05, 0.1) is 27.0 Å². The Morgan fingerprint density at radius 3 is 2.62 bits per heavy atom. The lowest BCUT2D eigenvalue weighted by Gasteiger charge is -2.09. The van der Waals surface area contributed by atoms with E-state index in [1.165, 1.54) is 0 Å². The molecule has 1 aliphatic heterocycles. The Bertz CT molecular complexity index is 764. The van der Waals surface area contributed by atoms with E-state index in [1.807, 2.05) is 30.3 Å². The number of rotatable bonds is 6. The molecule has 0 amide bonds. The highest BCUT2D eigenvalue weighted by atomic mass is 79.9. The van der Waals surface area contributed by atoms with Crippen molar-refractivity contribution in [1.29, 1.82) is 0 Å². The Morgan fingerprint density at radius 2 is 1.88 bits per heavy atom. The number of hydrogen-bond donors (Lipinski definition) is 1. The van der Waals surface area contributed by atoms with Crippen LogP contribution in [-0.2, 0) is 6.54 Å². The Labute approximate surface area is 148 Å². The largest absolute Gasteiger partial charge is 0.493 e. The lowest BCUT2D eigenvalue weighted by molar-refractivity contribution is 0.174. The number of fused-ring (bicyclic) bond motifs is 1. The van der Waals surface area contributed by atoms with Gasteiger partial charge in [0, 0.05) is 10.0 Å². The third-order valence-corrected chi connectivity index (χ3v) is 4.20. The predicted octanol–water partition coefficient (Wildman–Crippen LogP) is 3.32. The molecule has 126 valence electrons. The molecule has 3 rings (SSSR count). The summed E-state index contributed by atoms with van der Waals surface area (Å²) < 4.78 is 22.1. The van der Waals surface area contributed by atoms with E-state index in [-0.39, 0.29) is 6.79 Å². The van der Waals surface area contributed by atoms with Gasteiger partial charge >= 0.3 is 0 Å². The fraction of sp³-hybridized carbons (Fsp3) is 0.235. The summed E-state index contributed by atoms with van der Waals surface area (Å²) >= 11 is 3.50. The quantitative estimate of drug-likeness (QED) is 0.603. The van der Waals surface area contributed by atoms with Crippen molar-refractivity contribution in [3.8, 4) is 23.0 Å². The molecule has 0 saturated heterocycles. The average molecular weight is 393 g/mol. The molecule has 0 aliphatic carbocycles. The number of methoxy groups -OCH3 is 2. The maximum Gasteiger partial charge on any atom is 0.231 e. The van der Waals surface area contributed by atoms with Crippen molar-refractivity contribution < 1.29 is 18.9 Å². The van der Waals surface area contributed by atoms with Gasteiger partial charge in [0.1, 0.15) is 0 Å². The first-order chi connectivity index (χ1) is 11.7. The molecule has 1 aliphatic rings. The third-order valence-electron chi connectivity index (χ3n) is 3.52. The van der Waals surface area contributed by atoms with Crippen LogP contribution in [-0.4, -0.2) is 27.2 Å². The van der Waals surface area contributed by atoms with Gasteiger partial charge in [-0.15, -0.1) is 0 Å². The second-order valence-corrected chi connectivity index (χ2v) is 5.86. The number of halogens is 1. The van der Waals surface area contributed by atoms with E-state index in [1.54, 1.807) is 20.4 Å². The fourth-order valence-electron chi connectivity index (χ4n) is 2.27. The molecule has 0 bridgehead atoms. The first-order valence-electron chi connectivity index (χ1n) is 7.27. The molecular formula is C17H17BrN2O4. The van der Waals surface area contributed by atoms with Gasteiger partial charge in [0.25, 0.3) is 0 Å². The second kappa shape index (κ2) is 7.44. The molecule has 2 aromatic rings. The normalized spacial score (nSPS) is 12.5. The van der Waals surface area contributed by atoms with Gasteiger partial charge in [-0.2, -0.15) is 5.10 Å². The maximum absolute atomic E-state index is 5.37. The minimum atomic E-state index is 0.250. The summed E-state index contributed by atoms with van der Waals surface area (Å²) in [5, 5.41) is 4.25. The summed E-state index contributed by atoms with van der Waals surface area (Å²) in [5.74, 6) is 2.85. The monoisotopic (exact) mass is 392 g/mol. The Hall–Kier alpha value is -2.41. The molecule has 0 aromatic heterocycles. The zero-order valence-corrected chi connectivity index (χ0v) is 14.9. The van der Waals surface area contributed by atoms with E-state index in [9.17, 15) is 0 Å². The van der Waals surface area contributed by atoms with Gasteiger partial charge in [-0.05, 0) is 45.8 Å². The molecule has 0 saturated carbocycles. The molecule has 24 heavy (non-hydrogen) atoms. The van der Waals surface area contributed by atoms with E-state index in [0.29, 0.717) is 18.0 Å². The highest BCUT2D eigenvalue weighted by molar-refractivity contribution is 9.10. The number of nitrogens with one attached hydrogen (secondary N) is 1. The van der Waals surface area contributed by atoms with E-state index >= 15 is 0 Å². The number of ether oxygens (including phenoxy) is 4. The highest BCUT2D eigenvalue weighted by Crippen LogP contribution is 2.36. The molecule has 0 fully saturated rings. The lowest BCUT2D eigenvalue weighted by Crippen LogP contribution is -2.06. The third kappa shape index (κ3) is 3.56. The van der Waals surface area contributed by atoms with E-state index in [4.69, 9.17) is 18.9 Å².